The molecule has 0 amide bonds. The number of nitrogens with one attached hydrogen (secondary N) is 1. The smallest absolute Gasteiger partial charge is 0.0453 e. The van der Waals surface area contributed by atoms with E-state index in [-0.39, 0.29) is 0 Å². The standard InChI is InChI=1S/C16H18Cl2N2/c1-2-20-15(9-12-5-7-19-8-6-12)10-13-3-4-14(17)11-16(13)18/h3-8,11,15,20H,2,9-10H2,1H3. The predicted octanol–water partition coefficient (Wildman–Crippen LogP) is 4.15. The van der Waals surface area contributed by atoms with E-state index in [0.29, 0.717) is 11.1 Å². The minimum Gasteiger partial charge on any atom is -0.314 e. The summed E-state index contributed by atoms with van der Waals surface area (Å²) in [5, 5.41) is 4.91. The van der Waals surface area contributed by atoms with Gasteiger partial charge in [-0.2, -0.15) is 0 Å². The first-order valence-electron chi connectivity index (χ1n) is 6.75. The molecular formula is C16H18Cl2N2. The molecule has 2 aromatic rings. The lowest BCUT2D eigenvalue weighted by atomic mass is 9.99. The molecule has 0 aliphatic rings. The molecule has 1 unspecified atom stereocenters. The number of hydrogen-bond acceptors (Lipinski definition) is 2. The number of nitrogens with zero attached hydrogens (tertiary/aromatic N) is 1. The first-order chi connectivity index (χ1) is 9.69. The lowest BCUT2D eigenvalue weighted by Crippen LogP contribution is -2.33. The summed E-state index contributed by atoms with van der Waals surface area (Å²) in [6, 6.07) is 10.1. The monoisotopic (exact) mass is 308 g/mol. The number of pyridine rings is 1. The Kier molecular flexibility index (Phi) is 5.84. The molecule has 0 saturated carbocycles. The lowest BCUT2D eigenvalue weighted by molar-refractivity contribution is 0.521. The Labute approximate surface area is 130 Å². The molecule has 1 aromatic heterocycles. The molecule has 20 heavy (non-hydrogen) atoms. The maximum absolute atomic E-state index is 6.25. The second-order valence-corrected chi connectivity index (χ2v) is 5.60. The average Bonchev–Trinajstić information content (AvgIpc) is 2.43. The number of likely N-dealkylation sites (N-methyl/N-ethyl adjacent to an activating group) is 1. The summed E-state index contributed by atoms with van der Waals surface area (Å²) in [5.74, 6) is 0. The summed E-state index contributed by atoms with van der Waals surface area (Å²) in [6.07, 6.45) is 5.49. The van der Waals surface area contributed by atoms with Crippen LogP contribution in [0.15, 0.2) is 42.7 Å². The Morgan fingerprint density at radius 1 is 1.10 bits per heavy atom. The molecule has 0 aliphatic carbocycles. The van der Waals surface area contributed by atoms with Gasteiger partial charge in [-0.15, -0.1) is 0 Å². The van der Waals surface area contributed by atoms with Crippen LogP contribution in [0, 0.1) is 0 Å². The molecule has 2 rings (SSSR count). The highest BCUT2D eigenvalue weighted by Gasteiger charge is 2.12. The third-order valence-electron chi connectivity index (χ3n) is 3.21. The largest absolute Gasteiger partial charge is 0.314 e. The van der Waals surface area contributed by atoms with Crippen molar-refractivity contribution in [2.75, 3.05) is 6.54 Å². The highest BCUT2D eigenvalue weighted by Crippen LogP contribution is 2.22. The van der Waals surface area contributed by atoms with E-state index in [1.165, 1.54) is 5.56 Å². The second-order valence-electron chi connectivity index (χ2n) is 4.75. The SMILES string of the molecule is CCNC(Cc1ccncc1)Cc1ccc(Cl)cc1Cl. The molecule has 106 valence electrons. The van der Waals surface area contributed by atoms with Crippen LogP contribution >= 0.6 is 23.2 Å². The Morgan fingerprint density at radius 3 is 2.50 bits per heavy atom. The minimum atomic E-state index is 0.348. The molecule has 0 spiro atoms. The van der Waals surface area contributed by atoms with Gasteiger partial charge in [-0.3, -0.25) is 4.98 Å². The van der Waals surface area contributed by atoms with Gasteiger partial charge in [-0.1, -0.05) is 36.2 Å². The minimum absolute atomic E-state index is 0.348. The zero-order valence-electron chi connectivity index (χ0n) is 11.4. The molecule has 4 heteroatoms. The lowest BCUT2D eigenvalue weighted by Gasteiger charge is -2.19. The van der Waals surface area contributed by atoms with E-state index in [1.54, 1.807) is 6.07 Å². The predicted molar refractivity (Wildman–Crippen MR) is 85.6 cm³/mol. The van der Waals surface area contributed by atoms with Crippen molar-refractivity contribution in [3.63, 3.8) is 0 Å². The summed E-state index contributed by atoms with van der Waals surface area (Å²) in [7, 11) is 0. The number of benzene rings is 1. The fourth-order valence-electron chi connectivity index (χ4n) is 2.26. The van der Waals surface area contributed by atoms with Crippen LogP contribution < -0.4 is 5.32 Å². The summed E-state index contributed by atoms with van der Waals surface area (Å²) in [5.41, 5.74) is 2.40. The summed E-state index contributed by atoms with van der Waals surface area (Å²) >= 11 is 12.2. The topological polar surface area (TPSA) is 24.9 Å². The van der Waals surface area contributed by atoms with Crippen molar-refractivity contribution in [1.82, 2.24) is 10.3 Å². The molecule has 0 saturated heterocycles. The van der Waals surface area contributed by atoms with Crippen LogP contribution in [-0.4, -0.2) is 17.6 Å². The van der Waals surface area contributed by atoms with Crippen molar-refractivity contribution in [2.24, 2.45) is 0 Å². The second kappa shape index (κ2) is 7.63. The molecule has 1 heterocycles. The normalized spacial score (nSPS) is 12.3. The van der Waals surface area contributed by atoms with E-state index in [0.717, 1.165) is 30.0 Å². The van der Waals surface area contributed by atoms with Crippen LogP contribution in [0.3, 0.4) is 0 Å². The van der Waals surface area contributed by atoms with Crippen molar-refractivity contribution >= 4 is 23.2 Å². The maximum atomic E-state index is 6.25. The maximum Gasteiger partial charge on any atom is 0.0453 e. The fourth-order valence-corrected chi connectivity index (χ4v) is 2.75. The molecule has 1 aromatic carbocycles. The van der Waals surface area contributed by atoms with Gasteiger partial charge in [-0.25, -0.2) is 0 Å². The highest BCUT2D eigenvalue weighted by atomic mass is 35.5. The van der Waals surface area contributed by atoms with Crippen LogP contribution in [0.25, 0.3) is 0 Å². The van der Waals surface area contributed by atoms with Crippen LogP contribution in [0.1, 0.15) is 18.1 Å². The Morgan fingerprint density at radius 2 is 1.85 bits per heavy atom. The van der Waals surface area contributed by atoms with Gasteiger partial charge in [0.2, 0.25) is 0 Å². The first kappa shape index (κ1) is 15.3. The molecule has 0 bridgehead atoms. The van der Waals surface area contributed by atoms with Gasteiger partial charge >= 0.3 is 0 Å². The molecule has 1 N–H and O–H groups in total. The Bertz CT molecular complexity index is 543. The number of hydrogen-bond donors (Lipinski definition) is 1. The van der Waals surface area contributed by atoms with E-state index in [2.05, 4.69) is 17.2 Å². The number of rotatable bonds is 6. The summed E-state index contributed by atoms with van der Waals surface area (Å²) < 4.78 is 0. The van der Waals surface area contributed by atoms with Crippen molar-refractivity contribution in [2.45, 2.75) is 25.8 Å². The first-order valence-corrected chi connectivity index (χ1v) is 7.51. The van der Waals surface area contributed by atoms with E-state index >= 15 is 0 Å². The van der Waals surface area contributed by atoms with Crippen molar-refractivity contribution in [3.05, 3.63) is 63.9 Å². The van der Waals surface area contributed by atoms with Gasteiger partial charge in [0, 0.05) is 28.5 Å². The third-order valence-corrected chi connectivity index (χ3v) is 3.79. The quantitative estimate of drug-likeness (QED) is 0.867. The molecule has 2 nitrogen and oxygen atoms in total. The molecule has 0 fully saturated rings. The van der Waals surface area contributed by atoms with Gasteiger partial charge in [-0.05, 0) is 54.8 Å². The summed E-state index contributed by atoms with van der Waals surface area (Å²) in [6.45, 7) is 3.05. The van der Waals surface area contributed by atoms with Crippen LogP contribution in [0.2, 0.25) is 10.0 Å². The van der Waals surface area contributed by atoms with Gasteiger partial charge in [0.15, 0.2) is 0 Å². The van der Waals surface area contributed by atoms with Gasteiger partial charge in [0.05, 0.1) is 0 Å². The van der Waals surface area contributed by atoms with Crippen molar-refractivity contribution in [1.29, 1.82) is 0 Å². The van der Waals surface area contributed by atoms with Crippen LogP contribution in [0.4, 0.5) is 0 Å². The Balaban J connectivity index is 2.09. The van der Waals surface area contributed by atoms with E-state index < -0.39 is 0 Å². The van der Waals surface area contributed by atoms with E-state index in [4.69, 9.17) is 23.2 Å². The molecule has 0 radical (unpaired) electrons. The number of aromatic nitrogens is 1. The van der Waals surface area contributed by atoms with Gasteiger partial charge < -0.3 is 5.32 Å². The third kappa shape index (κ3) is 4.48. The van der Waals surface area contributed by atoms with Gasteiger partial charge in [0.25, 0.3) is 0 Å². The molecule has 1 atom stereocenters. The highest BCUT2D eigenvalue weighted by molar-refractivity contribution is 6.35. The zero-order valence-corrected chi connectivity index (χ0v) is 13.0. The van der Waals surface area contributed by atoms with Gasteiger partial charge in [0.1, 0.15) is 0 Å². The molecule has 0 aliphatic heterocycles. The van der Waals surface area contributed by atoms with Crippen molar-refractivity contribution < 1.29 is 0 Å². The molecular weight excluding hydrogens is 291 g/mol. The van der Waals surface area contributed by atoms with Crippen molar-refractivity contribution in [3.8, 4) is 0 Å². The number of halogens is 2. The zero-order chi connectivity index (χ0) is 14.4. The van der Waals surface area contributed by atoms with Crippen LogP contribution in [0.5, 0.6) is 0 Å². The van der Waals surface area contributed by atoms with Crippen LogP contribution in [-0.2, 0) is 12.8 Å². The average molecular weight is 309 g/mol. The fraction of sp³-hybridized carbons (Fsp3) is 0.312. The summed E-state index contributed by atoms with van der Waals surface area (Å²) in [4.78, 5) is 4.05. The van der Waals surface area contributed by atoms with E-state index in [1.807, 2.05) is 36.7 Å². The Hall–Kier alpha value is -1.09. The van der Waals surface area contributed by atoms with E-state index in [9.17, 15) is 0 Å².